The summed E-state index contributed by atoms with van der Waals surface area (Å²) in [4.78, 5) is 4.61. The number of nitrogens with one attached hydrogen (secondary N) is 1. The third kappa shape index (κ3) is 2.41. The summed E-state index contributed by atoms with van der Waals surface area (Å²) in [7, 11) is 1.98. The zero-order valence-corrected chi connectivity index (χ0v) is 12.1. The van der Waals surface area contributed by atoms with Gasteiger partial charge in [-0.2, -0.15) is 0 Å². The first kappa shape index (κ1) is 13.1. The smallest absolute Gasteiger partial charge is 0.191 e. The Kier molecular flexibility index (Phi) is 3.70. The van der Waals surface area contributed by atoms with Gasteiger partial charge in [0, 0.05) is 18.9 Å². The topological polar surface area (TPSA) is 38.1 Å². The van der Waals surface area contributed by atoms with E-state index < -0.39 is 0 Å². The van der Waals surface area contributed by atoms with E-state index in [0.717, 1.165) is 43.2 Å². The van der Waals surface area contributed by atoms with Gasteiger partial charge in [0.1, 0.15) is 11.5 Å². The summed E-state index contributed by atoms with van der Waals surface area (Å²) in [5.74, 6) is 1.78. The second-order valence-corrected chi connectivity index (χ2v) is 5.17. The fourth-order valence-corrected chi connectivity index (χ4v) is 2.79. The summed E-state index contributed by atoms with van der Waals surface area (Å²) in [6.07, 6.45) is 5.21. The molecule has 0 unspecified atom stereocenters. The number of oxazole rings is 1. The summed E-state index contributed by atoms with van der Waals surface area (Å²) in [6.45, 7) is 2.89. The van der Waals surface area contributed by atoms with E-state index in [-0.39, 0.29) is 0 Å². The highest BCUT2D eigenvalue weighted by Gasteiger charge is 2.22. The molecular weight excluding hydrogens is 248 g/mol. The van der Waals surface area contributed by atoms with Crippen molar-refractivity contribution in [2.24, 2.45) is 0 Å². The Balaban J connectivity index is 2.10. The van der Waals surface area contributed by atoms with Crippen molar-refractivity contribution in [1.82, 2.24) is 10.3 Å². The predicted octanol–water partition coefficient (Wildman–Crippen LogP) is 3.12. The van der Waals surface area contributed by atoms with E-state index in [4.69, 9.17) is 4.42 Å². The summed E-state index contributed by atoms with van der Waals surface area (Å²) < 4.78 is 5.79. The van der Waals surface area contributed by atoms with Gasteiger partial charge in [0.15, 0.2) is 5.89 Å². The Bertz CT molecular complexity index is 640. The SMILES string of the molecule is CNCC/C=C1\c2ccccc2CCc2oc(C)nc21. The standard InChI is InChI=1S/C17H20N2O/c1-12-19-17-15(8-5-11-18-2)14-7-4-3-6-13(14)9-10-16(17)20-12/h3-4,6-8,18H,5,9-11H2,1-2H3/b15-8+. The summed E-state index contributed by atoms with van der Waals surface area (Å²) in [5, 5.41) is 3.19. The normalized spacial score (nSPS) is 15.8. The second-order valence-electron chi connectivity index (χ2n) is 5.17. The van der Waals surface area contributed by atoms with Gasteiger partial charge in [-0.3, -0.25) is 0 Å². The van der Waals surface area contributed by atoms with Crippen molar-refractivity contribution in [3.05, 3.63) is 58.8 Å². The number of benzene rings is 1. The number of aryl methyl sites for hydroxylation is 3. The van der Waals surface area contributed by atoms with Crippen LogP contribution in [0.4, 0.5) is 0 Å². The Morgan fingerprint density at radius 3 is 3.00 bits per heavy atom. The van der Waals surface area contributed by atoms with E-state index in [9.17, 15) is 0 Å². The molecule has 0 saturated heterocycles. The van der Waals surface area contributed by atoms with Gasteiger partial charge in [-0.25, -0.2) is 4.98 Å². The highest BCUT2D eigenvalue weighted by atomic mass is 16.4. The number of rotatable bonds is 3. The predicted molar refractivity (Wildman–Crippen MR) is 80.7 cm³/mol. The van der Waals surface area contributed by atoms with Crippen molar-refractivity contribution in [2.45, 2.75) is 26.2 Å². The first-order valence-corrected chi connectivity index (χ1v) is 7.19. The highest BCUT2D eigenvalue weighted by Crippen LogP contribution is 2.33. The molecule has 0 spiro atoms. The van der Waals surface area contributed by atoms with Crippen molar-refractivity contribution in [1.29, 1.82) is 0 Å². The van der Waals surface area contributed by atoms with E-state index in [0.29, 0.717) is 0 Å². The van der Waals surface area contributed by atoms with Crippen LogP contribution in [0.15, 0.2) is 34.8 Å². The fraction of sp³-hybridized carbons (Fsp3) is 0.353. The molecule has 1 aromatic heterocycles. The van der Waals surface area contributed by atoms with E-state index in [1.807, 2.05) is 14.0 Å². The van der Waals surface area contributed by atoms with Crippen LogP contribution in [0.1, 0.15) is 34.9 Å². The molecule has 0 atom stereocenters. The van der Waals surface area contributed by atoms with Crippen molar-refractivity contribution in [3.63, 3.8) is 0 Å². The Labute approximate surface area is 119 Å². The van der Waals surface area contributed by atoms with Gasteiger partial charge < -0.3 is 9.73 Å². The molecule has 20 heavy (non-hydrogen) atoms. The first-order valence-electron chi connectivity index (χ1n) is 7.19. The molecule has 104 valence electrons. The molecule has 0 amide bonds. The number of aromatic nitrogens is 1. The van der Waals surface area contributed by atoms with Crippen molar-refractivity contribution in [3.8, 4) is 0 Å². The van der Waals surface area contributed by atoms with Gasteiger partial charge in [-0.1, -0.05) is 30.3 Å². The second kappa shape index (κ2) is 5.63. The fourth-order valence-electron chi connectivity index (χ4n) is 2.79. The maximum absolute atomic E-state index is 5.79. The molecular formula is C17H20N2O. The molecule has 1 aliphatic carbocycles. The van der Waals surface area contributed by atoms with E-state index in [1.165, 1.54) is 16.7 Å². The molecule has 0 aliphatic heterocycles. The third-order valence-corrected chi connectivity index (χ3v) is 3.73. The third-order valence-electron chi connectivity index (χ3n) is 3.73. The minimum atomic E-state index is 0.758. The molecule has 3 rings (SSSR count). The maximum atomic E-state index is 5.79. The van der Waals surface area contributed by atoms with Crippen LogP contribution >= 0.6 is 0 Å². The molecule has 3 nitrogen and oxygen atoms in total. The molecule has 3 heteroatoms. The monoisotopic (exact) mass is 268 g/mol. The largest absolute Gasteiger partial charge is 0.445 e. The molecule has 0 saturated carbocycles. The average molecular weight is 268 g/mol. The van der Waals surface area contributed by atoms with E-state index >= 15 is 0 Å². The number of nitrogens with zero attached hydrogens (tertiary/aromatic N) is 1. The zero-order valence-electron chi connectivity index (χ0n) is 12.1. The number of fused-ring (bicyclic) bond motifs is 2. The van der Waals surface area contributed by atoms with Crippen molar-refractivity contribution >= 4 is 5.57 Å². The van der Waals surface area contributed by atoms with Gasteiger partial charge in [0.2, 0.25) is 0 Å². The average Bonchev–Trinajstić information content (AvgIpc) is 2.76. The van der Waals surface area contributed by atoms with E-state index in [1.54, 1.807) is 0 Å². The lowest BCUT2D eigenvalue weighted by molar-refractivity contribution is 0.474. The number of hydrogen-bond acceptors (Lipinski definition) is 3. The van der Waals surface area contributed by atoms with Crippen LogP contribution in [0.5, 0.6) is 0 Å². The van der Waals surface area contributed by atoms with Gasteiger partial charge in [0.25, 0.3) is 0 Å². The van der Waals surface area contributed by atoms with E-state index in [2.05, 4.69) is 40.6 Å². The van der Waals surface area contributed by atoms with Crippen LogP contribution in [0.3, 0.4) is 0 Å². The molecule has 2 aromatic rings. The summed E-state index contributed by atoms with van der Waals surface area (Å²) in [5.41, 5.74) is 4.94. The maximum Gasteiger partial charge on any atom is 0.191 e. The van der Waals surface area contributed by atoms with Crippen molar-refractivity contribution < 1.29 is 4.42 Å². The lowest BCUT2D eigenvalue weighted by Gasteiger charge is -2.08. The molecule has 1 aromatic carbocycles. The molecule has 1 aliphatic rings. The molecule has 0 fully saturated rings. The first-order chi connectivity index (χ1) is 9.79. The molecule has 1 heterocycles. The minimum Gasteiger partial charge on any atom is -0.445 e. The Morgan fingerprint density at radius 1 is 1.30 bits per heavy atom. The quantitative estimate of drug-likeness (QED) is 0.869. The lowest BCUT2D eigenvalue weighted by atomic mass is 9.97. The van der Waals surface area contributed by atoms with Crippen LogP contribution in [0.25, 0.3) is 5.57 Å². The van der Waals surface area contributed by atoms with Crippen LogP contribution in [-0.4, -0.2) is 18.6 Å². The van der Waals surface area contributed by atoms with Crippen molar-refractivity contribution in [2.75, 3.05) is 13.6 Å². The van der Waals surface area contributed by atoms with Crippen LogP contribution in [0, 0.1) is 6.92 Å². The van der Waals surface area contributed by atoms with Gasteiger partial charge in [0.05, 0.1) is 0 Å². The minimum absolute atomic E-state index is 0.758. The zero-order chi connectivity index (χ0) is 13.9. The molecule has 0 bridgehead atoms. The highest BCUT2D eigenvalue weighted by molar-refractivity contribution is 5.81. The molecule has 0 radical (unpaired) electrons. The van der Waals surface area contributed by atoms with Crippen LogP contribution < -0.4 is 5.32 Å². The van der Waals surface area contributed by atoms with Crippen LogP contribution in [0.2, 0.25) is 0 Å². The Morgan fingerprint density at radius 2 is 2.15 bits per heavy atom. The van der Waals surface area contributed by atoms with Crippen LogP contribution in [-0.2, 0) is 12.8 Å². The Hall–Kier alpha value is -1.87. The van der Waals surface area contributed by atoms with Gasteiger partial charge in [-0.15, -0.1) is 0 Å². The van der Waals surface area contributed by atoms with Gasteiger partial charge >= 0.3 is 0 Å². The van der Waals surface area contributed by atoms with Gasteiger partial charge in [-0.05, 0) is 37.6 Å². The summed E-state index contributed by atoms with van der Waals surface area (Å²) in [6, 6.07) is 8.61. The number of hydrogen-bond donors (Lipinski definition) is 1. The molecule has 1 N–H and O–H groups in total. The lowest BCUT2D eigenvalue weighted by Crippen LogP contribution is -2.06. The summed E-state index contributed by atoms with van der Waals surface area (Å²) >= 11 is 0.